The lowest BCUT2D eigenvalue weighted by molar-refractivity contribution is -0.136. The SMILES string of the molecule is COC(=O)/C(N)=C/N(N)Cc1cc2cc(C3CC3)cc(N3CCCC3=O)n2n1. The van der Waals surface area contributed by atoms with Crippen LogP contribution >= 0.6 is 0 Å². The first-order valence-electron chi connectivity index (χ1n) is 9.36. The summed E-state index contributed by atoms with van der Waals surface area (Å²) < 4.78 is 6.36. The van der Waals surface area contributed by atoms with Gasteiger partial charge in [0.05, 0.1) is 24.9 Å². The fourth-order valence-electron chi connectivity index (χ4n) is 3.55. The summed E-state index contributed by atoms with van der Waals surface area (Å²) in [5, 5.41) is 5.93. The first-order valence-corrected chi connectivity index (χ1v) is 9.36. The van der Waals surface area contributed by atoms with E-state index in [0.717, 1.165) is 17.8 Å². The van der Waals surface area contributed by atoms with Gasteiger partial charge in [-0.05, 0) is 48.9 Å². The van der Waals surface area contributed by atoms with Gasteiger partial charge in [0, 0.05) is 19.2 Å². The number of aromatic nitrogens is 2. The van der Waals surface area contributed by atoms with Gasteiger partial charge in [-0.25, -0.2) is 15.2 Å². The van der Waals surface area contributed by atoms with Gasteiger partial charge in [0.25, 0.3) is 0 Å². The Morgan fingerprint density at radius 1 is 1.39 bits per heavy atom. The molecule has 1 aliphatic heterocycles. The van der Waals surface area contributed by atoms with Crippen molar-refractivity contribution in [2.75, 3.05) is 18.6 Å². The van der Waals surface area contributed by atoms with Crippen molar-refractivity contribution in [2.45, 2.75) is 38.1 Å². The first-order chi connectivity index (χ1) is 13.5. The number of nitrogens with two attached hydrogens (primary N) is 2. The molecule has 9 nitrogen and oxygen atoms in total. The normalized spacial score (nSPS) is 17.4. The van der Waals surface area contributed by atoms with Crippen molar-refractivity contribution in [1.29, 1.82) is 0 Å². The molecule has 0 spiro atoms. The van der Waals surface area contributed by atoms with E-state index in [1.165, 1.54) is 36.7 Å². The highest BCUT2D eigenvalue weighted by Gasteiger charge is 2.29. The lowest BCUT2D eigenvalue weighted by atomic mass is 10.1. The first kappa shape index (κ1) is 18.3. The van der Waals surface area contributed by atoms with Gasteiger partial charge in [-0.1, -0.05) is 0 Å². The van der Waals surface area contributed by atoms with E-state index in [4.69, 9.17) is 11.6 Å². The number of amides is 1. The number of carbonyl (C=O) groups is 2. The monoisotopic (exact) mass is 384 g/mol. The number of fused-ring (bicyclic) bond motifs is 1. The van der Waals surface area contributed by atoms with E-state index in [1.54, 1.807) is 4.52 Å². The molecule has 4 N–H and O–H groups in total. The summed E-state index contributed by atoms with van der Waals surface area (Å²) in [6.07, 6.45) is 5.10. The molecule has 148 valence electrons. The Labute approximate surface area is 162 Å². The van der Waals surface area contributed by atoms with E-state index < -0.39 is 5.97 Å². The number of hydrogen-bond donors (Lipinski definition) is 2. The van der Waals surface area contributed by atoms with Crippen molar-refractivity contribution < 1.29 is 14.3 Å². The van der Waals surface area contributed by atoms with Gasteiger partial charge in [-0.3, -0.25) is 9.69 Å². The molecule has 2 fully saturated rings. The van der Waals surface area contributed by atoms with Crippen molar-refractivity contribution >= 4 is 23.2 Å². The molecule has 2 aromatic heterocycles. The second-order valence-corrected chi connectivity index (χ2v) is 7.29. The molecule has 0 atom stereocenters. The molecule has 28 heavy (non-hydrogen) atoms. The van der Waals surface area contributed by atoms with E-state index >= 15 is 0 Å². The lowest BCUT2D eigenvalue weighted by Gasteiger charge is -2.18. The molecule has 0 bridgehead atoms. The molecule has 0 aromatic carbocycles. The quantitative estimate of drug-likeness (QED) is 0.330. The number of hydrogen-bond acceptors (Lipinski definition) is 7. The Kier molecular flexibility index (Phi) is 4.68. The summed E-state index contributed by atoms with van der Waals surface area (Å²) in [5.74, 6) is 6.80. The van der Waals surface area contributed by atoms with Crippen molar-refractivity contribution in [2.24, 2.45) is 11.6 Å². The van der Waals surface area contributed by atoms with Crippen LogP contribution in [0.3, 0.4) is 0 Å². The van der Waals surface area contributed by atoms with Crippen LogP contribution in [0.1, 0.15) is 42.9 Å². The molecule has 0 unspecified atom stereocenters. The third-order valence-corrected chi connectivity index (χ3v) is 5.08. The fourth-order valence-corrected chi connectivity index (χ4v) is 3.55. The number of hydrazine groups is 1. The van der Waals surface area contributed by atoms with E-state index in [2.05, 4.69) is 22.0 Å². The van der Waals surface area contributed by atoms with Gasteiger partial charge in [0.15, 0.2) is 0 Å². The third-order valence-electron chi connectivity index (χ3n) is 5.08. The zero-order valence-electron chi connectivity index (χ0n) is 15.8. The predicted octanol–water partition coefficient (Wildman–Crippen LogP) is 0.987. The molecule has 3 heterocycles. The second-order valence-electron chi connectivity index (χ2n) is 7.29. The number of anilines is 1. The van der Waals surface area contributed by atoms with Crippen LogP contribution in [0.5, 0.6) is 0 Å². The average molecular weight is 384 g/mol. The smallest absolute Gasteiger partial charge is 0.355 e. The largest absolute Gasteiger partial charge is 0.464 e. The van der Waals surface area contributed by atoms with Crippen molar-refractivity contribution in [3.05, 3.63) is 41.4 Å². The van der Waals surface area contributed by atoms with Crippen LogP contribution in [0.4, 0.5) is 5.82 Å². The average Bonchev–Trinajstić information content (AvgIpc) is 3.31. The molecule has 1 aliphatic carbocycles. The molecule has 4 rings (SSSR count). The number of esters is 1. The topological polar surface area (TPSA) is 119 Å². The van der Waals surface area contributed by atoms with Crippen LogP contribution in [0.25, 0.3) is 5.52 Å². The summed E-state index contributed by atoms with van der Waals surface area (Å²) in [6, 6.07) is 6.15. The van der Waals surface area contributed by atoms with E-state index in [-0.39, 0.29) is 18.1 Å². The molecule has 2 aliphatic rings. The zero-order valence-corrected chi connectivity index (χ0v) is 15.8. The number of nitrogens with zero attached hydrogens (tertiary/aromatic N) is 4. The van der Waals surface area contributed by atoms with Gasteiger partial charge in [-0.15, -0.1) is 0 Å². The predicted molar refractivity (Wildman–Crippen MR) is 103 cm³/mol. The highest BCUT2D eigenvalue weighted by molar-refractivity contribution is 5.95. The third kappa shape index (κ3) is 3.53. The summed E-state index contributed by atoms with van der Waals surface area (Å²) in [5.41, 5.74) is 8.42. The number of rotatable bonds is 6. The molecular weight excluding hydrogens is 360 g/mol. The Hall–Kier alpha value is -3.07. The molecule has 1 amide bonds. The van der Waals surface area contributed by atoms with Gasteiger partial charge < -0.3 is 15.5 Å². The van der Waals surface area contributed by atoms with Gasteiger partial charge in [0.1, 0.15) is 11.5 Å². The highest BCUT2D eigenvalue weighted by atomic mass is 16.5. The molecule has 1 saturated carbocycles. The highest BCUT2D eigenvalue weighted by Crippen LogP contribution is 2.42. The zero-order chi connectivity index (χ0) is 19.8. The summed E-state index contributed by atoms with van der Waals surface area (Å²) in [6.45, 7) is 0.962. The minimum absolute atomic E-state index is 0.0897. The van der Waals surface area contributed by atoms with Crippen LogP contribution in [0, 0.1) is 0 Å². The van der Waals surface area contributed by atoms with E-state index in [1.807, 2.05) is 11.0 Å². The van der Waals surface area contributed by atoms with Gasteiger partial charge in [0.2, 0.25) is 5.91 Å². The van der Waals surface area contributed by atoms with Crippen molar-refractivity contribution in [1.82, 2.24) is 14.6 Å². The summed E-state index contributed by atoms with van der Waals surface area (Å²) >= 11 is 0. The molecule has 1 saturated heterocycles. The van der Waals surface area contributed by atoms with Gasteiger partial charge in [-0.2, -0.15) is 5.10 Å². The molecular formula is C19H24N6O3. The van der Waals surface area contributed by atoms with Crippen molar-refractivity contribution in [3.8, 4) is 0 Å². The maximum absolute atomic E-state index is 12.3. The fraction of sp³-hybridized carbons (Fsp3) is 0.421. The van der Waals surface area contributed by atoms with E-state index in [0.29, 0.717) is 24.6 Å². The van der Waals surface area contributed by atoms with Crippen LogP contribution in [-0.4, -0.2) is 40.2 Å². The Morgan fingerprint density at radius 3 is 2.82 bits per heavy atom. The minimum atomic E-state index is -0.644. The van der Waals surface area contributed by atoms with Crippen LogP contribution < -0.4 is 16.5 Å². The Bertz CT molecular complexity index is 962. The molecule has 0 radical (unpaired) electrons. The van der Waals surface area contributed by atoms with E-state index in [9.17, 15) is 9.59 Å². The van der Waals surface area contributed by atoms with Crippen LogP contribution in [-0.2, 0) is 20.9 Å². The number of pyridine rings is 1. The van der Waals surface area contributed by atoms with Crippen LogP contribution in [0.2, 0.25) is 0 Å². The summed E-state index contributed by atoms with van der Waals surface area (Å²) in [4.78, 5) is 25.5. The van der Waals surface area contributed by atoms with Crippen molar-refractivity contribution in [3.63, 3.8) is 0 Å². The summed E-state index contributed by atoms with van der Waals surface area (Å²) in [7, 11) is 1.25. The maximum atomic E-state index is 12.3. The molecule has 2 aromatic rings. The Morgan fingerprint density at radius 2 is 2.18 bits per heavy atom. The lowest BCUT2D eigenvalue weighted by Crippen LogP contribution is -2.28. The standard InChI is InChI=1S/C19H24N6O3/c1-28-19(27)16(20)11-23(21)10-14-9-15-7-13(12-4-5-12)8-17(25(15)22-14)24-6-2-3-18(24)26/h7-9,11-12H,2-6,10,20-21H2,1H3/b16-11-. The van der Waals surface area contributed by atoms with Gasteiger partial charge >= 0.3 is 5.97 Å². The Balaban J connectivity index is 1.66. The number of carbonyl (C=O) groups excluding carboxylic acids is 2. The number of ether oxygens (including phenoxy) is 1. The maximum Gasteiger partial charge on any atom is 0.355 e. The van der Waals surface area contributed by atoms with Crippen LogP contribution in [0.15, 0.2) is 30.1 Å². The minimum Gasteiger partial charge on any atom is -0.464 e. The number of methoxy groups -OCH3 is 1. The molecule has 9 heteroatoms. The second kappa shape index (κ2) is 7.16.